The smallest absolute Gasteiger partial charge is 0.167 e. The van der Waals surface area contributed by atoms with Crippen molar-refractivity contribution in [2.45, 2.75) is 0 Å². The van der Waals surface area contributed by atoms with Crippen molar-refractivity contribution in [3.63, 3.8) is 0 Å². The monoisotopic (exact) mass is 221 g/mol. The van der Waals surface area contributed by atoms with E-state index in [1.807, 2.05) is 54.6 Å². The first-order chi connectivity index (χ1) is 8.43. The van der Waals surface area contributed by atoms with Crippen LogP contribution in [0, 0.1) is 0 Å². The van der Waals surface area contributed by atoms with Gasteiger partial charge in [0.25, 0.3) is 0 Å². The lowest BCUT2D eigenvalue weighted by atomic mass is 10.1. The van der Waals surface area contributed by atoms with Crippen molar-refractivity contribution in [1.29, 1.82) is 0 Å². The van der Waals surface area contributed by atoms with Gasteiger partial charge in [-0.2, -0.15) is 0 Å². The highest BCUT2D eigenvalue weighted by Gasteiger charge is 2.02. The number of hydrogen-bond acceptors (Lipinski definition) is 2. The average Bonchev–Trinajstić information content (AvgIpc) is 2.81. The zero-order valence-corrected chi connectivity index (χ0v) is 9.21. The van der Waals surface area contributed by atoms with Gasteiger partial charge in [0.15, 0.2) is 5.76 Å². The van der Waals surface area contributed by atoms with Crippen LogP contribution >= 0.6 is 0 Å². The van der Waals surface area contributed by atoms with E-state index >= 15 is 0 Å². The molecule has 0 aliphatic carbocycles. The Morgan fingerprint density at radius 3 is 2.47 bits per heavy atom. The van der Waals surface area contributed by atoms with Gasteiger partial charge in [-0.25, -0.2) is 0 Å². The lowest BCUT2D eigenvalue weighted by Gasteiger charge is -1.90. The molecule has 0 unspecified atom stereocenters. The highest BCUT2D eigenvalue weighted by molar-refractivity contribution is 5.88. The molecule has 1 heterocycles. The summed E-state index contributed by atoms with van der Waals surface area (Å²) in [6, 6.07) is 18.0. The van der Waals surface area contributed by atoms with E-state index in [1.165, 1.54) is 0 Å². The van der Waals surface area contributed by atoms with E-state index in [1.54, 1.807) is 0 Å². The van der Waals surface area contributed by atoms with Gasteiger partial charge in [-0.15, -0.1) is 0 Å². The number of fused-ring (bicyclic) bond motifs is 1. The molecule has 0 amide bonds. The number of hydrogen-bond donors (Lipinski definition) is 0. The minimum Gasteiger partial charge on any atom is -0.356 e. The van der Waals surface area contributed by atoms with E-state index in [4.69, 9.17) is 4.52 Å². The molecule has 2 aromatic carbocycles. The minimum atomic E-state index is 0.796. The lowest BCUT2D eigenvalue weighted by Crippen LogP contribution is -1.70. The van der Waals surface area contributed by atoms with Gasteiger partial charge in [-0.1, -0.05) is 53.7 Å². The van der Waals surface area contributed by atoms with Crippen LogP contribution in [0.2, 0.25) is 0 Å². The molecular weight excluding hydrogens is 210 g/mol. The largest absolute Gasteiger partial charge is 0.356 e. The molecular formula is C15H11NO. The van der Waals surface area contributed by atoms with Crippen molar-refractivity contribution in [2.75, 3.05) is 0 Å². The van der Waals surface area contributed by atoms with Crippen molar-refractivity contribution in [3.05, 3.63) is 65.9 Å². The molecule has 3 aromatic rings. The van der Waals surface area contributed by atoms with Gasteiger partial charge in [-0.05, 0) is 23.8 Å². The maximum atomic E-state index is 5.30. The van der Waals surface area contributed by atoms with Crippen molar-refractivity contribution in [3.8, 4) is 0 Å². The second-order valence-corrected chi connectivity index (χ2v) is 3.81. The average molecular weight is 221 g/mol. The summed E-state index contributed by atoms with van der Waals surface area (Å²) in [5.41, 5.74) is 2.04. The fraction of sp³-hybridized carbons (Fsp3) is 0. The SMILES string of the molecule is C(=C\c1onc2ccccc12)/c1ccccc1. The fourth-order valence-electron chi connectivity index (χ4n) is 1.77. The quantitative estimate of drug-likeness (QED) is 0.653. The molecule has 0 aliphatic rings. The zero-order chi connectivity index (χ0) is 11.5. The Hall–Kier alpha value is -2.35. The topological polar surface area (TPSA) is 26.0 Å². The molecule has 0 aliphatic heterocycles. The first-order valence-corrected chi connectivity index (χ1v) is 5.51. The molecule has 82 valence electrons. The van der Waals surface area contributed by atoms with Crippen molar-refractivity contribution in [1.82, 2.24) is 5.16 Å². The predicted octanol–water partition coefficient (Wildman–Crippen LogP) is 4.00. The first kappa shape index (κ1) is 9.85. The van der Waals surface area contributed by atoms with E-state index in [0.717, 1.165) is 22.2 Å². The molecule has 3 rings (SSSR count). The van der Waals surface area contributed by atoms with Crippen LogP contribution in [0.25, 0.3) is 23.1 Å². The molecule has 2 heteroatoms. The van der Waals surface area contributed by atoms with Gasteiger partial charge in [0.05, 0.1) is 0 Å². The summed E-state index contributed by atoms with van der Waals surface area (Å²) in [7, 11) is 0. The molecule has 17 heavy (non-hydrogen) atoms. The summed E-state index contributed by atoms with van der Waals surface area (Å²) in [6.07, 6.45) is 3.97. The molecule has 0 fully saturated rings. The zero-order valence-electron chi connectivity index (χ0n) is 9.21. The van der Waals surface area contributed by atoms with Crippen molar-refractivity contribution < 1.29 is 4.52 Å². The van der Waals surface area contributed by atoms with Gasteiger partial charge in [0.1, 0.15) is 5.52 Å². The van der Waals surface area contributed by atoms with E-state index < -0.39 is 0 Å². The predicted molar refractivity (Wildman–Crippen MR) is 69.4 cm³/mol. The van der Waals surface area contributed by atoms with Crippen molar-refractivity contribution >= 4 is 23.1 Å². The van der Waals surface area contributed by atoms with Crippen LogP contribution < -0.4 is 0 Å². The van der Waals surface area contributed by atoms with Gasteiger partial charge >= 0.3 is 0 Å². The van der Waals surface area contributed by atoms with Crippen LogP contribution in [0.1, 0.15) is 11.3 Å². The van der Waals surface area contributed by atoms with Gasteiger partial charge in [-0.3, -0.25) is 0 Å². The number of aromatic nitrogens is 1. The molecule has 0 atom stereocenters. The van der Waals surface area contributed by atoms with Crippen LogP contribution in [0.5, 0.6) is 0 Å². The number of rotatable bonds is 2. The van der Waals surface area contributed by atoms with Gasteiger partial charge in [0.2, 0.25) is 0 Å². The Kier molecular flexibility index (Phi) is 2.47. The second kappa shape index (κ2) is 4.26. The Morgan fingerprint density at radius 1 is 0.824 bits per heavy atom. The molecule has 1 aromatic heterocycles. The van der Waals surface area contributed by atoms with Crippen LogP contribution in [0.3, 0.4) is 0 Å². The number of benzene rings is 2. The molecule has 0 N–H and O–H groups in total. The Morgan fingerprint density at radius 2 is 1.59 bits per heavy atom. The highest BCUT2D eigenvalue weighted by atomic mass is 16.5. The minimum absolute atomic E-state index is 0.796. The summed E-state index contributed by atoms with van der Waals surface area (Å²) in [5.74, 6) is 0.796. The van der Waals surface area contributed by atoms with Gasteiger partial charge < -0.3 is 4.52 Å². The summed E-state index contributed by atoms with van der Waals surface area (Å²) < 4.78 is 5.30. The molecule has 2 nitrogen and oxygen atoms in total. The maximum absolute atomic E-state index is 5.30. The molecule has 0 radical (unpaired) electrons. The Labute approximate surface area is 99.2 Å². The van der Waals surface area contributed by atoms with E-state index in [-0.39, 0.29) is 0 Å². The van der Waals surface area contributed by atoms with E-state index in [9.17, 15) is 0 Å². The molecule has 0 saturated heterocycles. The summed E-state index contributed by atoms with van der Waals surface area (Å²) in [4.78, 5) is 0. The van der Waals surface area contributed by atoms with E-state index in [2.05, 4.69) is 17.3 Å². The van der Waals surface area contributed by atoms with Crippen LogP contribution in [0.4, 0.5) is 0 Å². The third-order valence-corrected chi connectivity index (χ3v) is 2.64. The van der Waals surface area contributed by atoms with Crippen LogP contribution in [-0.2, 0) is 0 Å². The van der Waals surface area contributed by atoms with Crippen LogP contribution in [0.15, 0.2) is 59.1 Å². The Bertz CT molecular complexity index is 653. The normalized spacial score (nSPS) is 11.3. The molecule has 0 spiro atoms. The Balaban J connectivity index is 1.98. The third-order valence-electron chi connectivity index (χ3n) is 2.64. The van der Waals surface area contributed by atoms with Gasteiger partial charge in [0, 0.05) is 5.39 Å². The molecule has 0 saturated carbocycles. The standard InChI is InChI=1S/C15H11NO/c1-2-6-12(7-3-1)10-11-15-13-8-4-5-9-14(13)16-17-15/h1-11H/b11-10+. The third kappa shape index (κ3) is 1.97. The van der Waals surface area contributed by atoms with Crippen molar-refractivity contribution in [2.24, 2.45) is 0 Å². The second-order valence-electron chi connectivity index (χ2n) is 3.81. The summed E-state index contributed by atoms with van der Waals surface area (Å²) in [5, 5.41) is 5.05. The van der Waals surface area contributed by atoms with E-state index in [0.29, 0.717) is 0 Å². The first-order valence-electron chi connectivity index (χ1n) is 5.51. The summed E-state index contributed by atoms with van der Waals surface area (Å²) >= 11 is 0. The summed E-state index contributed by atoms with van der Waals surface area (Å²) in [6.45, 7) is 0. The number of nitrogens with zero attached hydrogens (tertiary/aromatic N) is 1. The fourth-order valence-corrected chi connectivity index (χ4v) is 1.77. The lowest BCUT2D eigenvalue weighted by molar-refractivity contribution is 0.421. The highest BCUT2D eigenvalue weighted by Crippen LogP contribution is 2.19. The molecule has 0 bridgehead atoms. The maximum Gasteiger partial charge on any atom is 0.167 e. The van der Waals surface area contributed by atoms with Crippen LogP contribution in [-0.4, -0.2) is 5.16 Å².